The molecule has 0 atom stereocenters. The Morgan fingerprint density at radius 3 is 1.94 bits per heavy atom. The number of fused-ring (bicyclic) bond motifs is 1. The minimum atomic E-state index is 0. The van der Waals surface area contributed by atoms with Crippen LogP contribution in [-0.4, -0.2) is 14.2 Å². The van der Waals surface area contributed by atoms with Crippen LogP contribution in [-0.2, 0) is 21.7 Å². The van der Waals surface area contributed by atoms with Gasteiger partial charge >= 0.3 is 21.7 Å². The van der Waals surface area contributed by atoms with Gasteiger partial charge in [-0.05, 0) is 6.07 Å². The van der Waals surface area contributed by atoms with Gasteiger partial charge in [0.2, 0.25) is 0 Å². The zero-order valence-electron chi connectivity index (χ0n) is 9.34. The molecule has 0 bridgehead atoms. The van der Waals surface area contributed by atoms with Gasteiger partial charge in [0.1, 0.15) is 0 Å². The zero-order chi connectivity index (χ0) is 9.26. The summed E-state index contributed by atoms with van der Waals surface area (Å²) >= 11 is 0. The summed E-state index contributed by atoms with van der Waals surface area (Å²) in [5.74, 6) is 1.78. The molecular formula is C11H11Cl3O2Ti. The third-order valence-electron chi connectivity index (χ3n) is 2.17. The molecular weight excluding hydrogens is 318 g/mol. The molecule has 0 saturated heterocycles. The molecule has 0 fully saturated rings. The summed E-state index contributed by atoms with van der Waals surface area (Å²) in [6.07, 6.45) is 0. The van der Waals surface area contributed by atoms with E-state index in [1.54, 1.807) is 14.2 Å². The van der Waals surface area contributed by atoms with Crippen molar-refractivity contribution in [3.63, 3.8) is 0 Å². The number of methoxy groups -OCH3 is 2. The fourth-order valence-corrected chi connectivity index (χ4v) is 1.54. The normalized spacial score (nSPS) is 7.88. The maximum atomic E-state index is 5.23. The molecule has 0 N–H and O–H groups in total. The molecule has 0 aliphatic carbocycles. The number of hydrogen-bond acceptors (Lipinski definition) is 2. The zero-order valence-corrected chi connectivity index (χ0v) is 13.2. The first-order valence-corrected chi connectivity index (χ1v) is 4.13. The first kappa shape index (κ1) is 22.2. The van der Waals surface area contributed by atoms with Crippen molar-refractivity contribution in [1.82, 2.24) is 0 Å². The molecule has 2 aromatic carbocycles. The fourth-order valence-electron chi connectivity index (χ4n) is 1.54. The number of rotatable bonds is 2. The monoisotopic (exact) mass is 328 g/mol. The van der Waals surface area contributed by atoms with Crippen molar-refractivity contribution >= 4 is 10.8 Å². The van der Waals surface area contributed by atoms with Gasteiger partial charge in [0.25, 0.3) is 0 Å². The number of hydrogen-bond donors (Lipinski definition) is 0. The van der Waals surface area contributed by atoms with E-state index in [1.165, 1.54) is 0 Å². The van der Waals surface area contributed by atoms with Crippen molar-refractivity contribution in [1.29, 1.82) is 0 Å². The summed E-state index contributed by atoms with van der Waals surface area (Å²) in [4.78, 5) is 0. The molecule has 2 nitrogen and oxygen atoms in total. The molecule has 0 amide bonds. The predicted octanol–water partition coefficient (Wildman–Crippen LogP) is -6.41. The van der Waals surface area contributed by atoms with Crippen molar-refractivity contribution in [2.75, 3.05) is 14.2 Å². The van der Waals surface area contributed by atoms with E-state index in [0.29, 0.717) is 0 Å². The van der Waals surface area contributed by atoms with E-state index in [9.17, 15) is 0 Å². The third kappa shape index (κ3) is 4.31. The molecule has 0 unspecified atom stereocenters. The van der Waals surface area contributed by atoms with Crippen LogP contribution in [0.3, 0.4) is 0 Å². The molecule has 0 saturated carbocycles. The second-order valence-corrected chi connectivity index (χ2v) is 2.82. The van der Waals surface area contributed by atoms with Gasteiger partial charge < -0.3 is 46.7 Å². The molecule has 6 heteroatoms. The van der Waals surface area contributed by atoms with E-state index in [4.69, 9.17) is 9.47 Å². The molecule has 0 heterocycles. The van der Waals surface area contributed by atoms with Gasteiger partial charge in [0.15, 0.2) is 0 Å². The van der Waals surface area contributed by atoms with E-state index in [2.05, 4.69) is 0 Å². The van der Waals surface area contributed by atoms with Crippen molar-refractivity contribution in [2.45, 2.75) is 0 Å². The maximum absolute atomic E-state index is 5.23. The predicted molar refractivity (Wildman–Crippen MR) is 52.6 cm³/mol. The van der Waals surface area contributed by atoms with Crippen LogP contribution in [0.2, 0.25) is 0 Å². The van der Waals surface area contributed by atoms with Gasteiger partial charge in [0, 0.05) is 5.75 Å². The van der Waals surface area contributed by atoms with Gasteiger partial charge in [-0.1, -0.05) is 11.5 Å². The van der Waals surface area contributed by atoms with E-state index in [1.807, 2.05) is 30.3 Å². The standard InChI is InChI=1S/C11H11O2.3ClH.Ti/c1-12-10-6-7-11(13-2)9-5-3-4-8(9)10;;;;/h3-7H,1-2H3;3*1H;/q-1;;;;+4/p-3. The molecule has 2 aromatic rings. The Bertz CT molecular complexity index is 394. The number of benzene rings is 1. The van der Waals surface area contributed by atoms with E-state index in [-0.39, 0.29) is 58.9 Å². The Labute approximate surface area is 135 Å². The van der Waals surface area contributed by atoms with Crippen LogP contribution in [0, 0.1) is 0 Å². The minimum absolute atomic E-state index is 0. The second kappa shape index (κ2) is 9.99. The largest absolute Gasteiger partial charge is 4.00 e. The Morgan fingerprint density at radius 2 is 1.41 bits per heavy atom. The van der Waals surface area contributed by atoms with Crippen LogP contribution < -0.4 is 46.7 Å². The summed E-state index contributed by atoms with van der Waals surface area (Å²) in [5.41, 5.74) is 0. The molecule has 0 spiro atoms. The molecule has 0 aromatic heterocycles. The van der Waals surface area contributed by atoms with E-state index >= 15 is 0 Å². The molecule has 0 aliphatic rings. The van der Waals surface area contributed by atoms with Crippen LogP contribution in [0.15, 0.2) is 30.3 Å². The summed E-state index contributed by atoms with van der Waals surface area (Å²) in [5, 5.41) is 2.20. The first-order chi connectivity index (χ1) is 6.36. The molecule has 2 rings (SSSR count). The van der Waals surface area contributed by atoms with Crippen LogP contribution in [0.5, 0.6) is 11.5 Å². The van der Waals surface area contributed by atoms with Crippen LogP contribution >= 0.6 is 0 Å². The second-order valence-electron chi connectivity index (χ2n) is 2.82. The fraction of sp³-hybridized carbons (Fsp3) is 0.182. The van der Waals surface area contributed by atoms with E-state index in [0.717, 1.165) is 22.3 Å². The molecule has 0 radical (unpaired) electrons. The van der Waals surface area contributed by atoms with Crippen LogP contribution in [0.4, 0.5) is 0 Å². The van der Waals surface area contributed by atoms with Gasteiger partial charge in [0.05, 0.1) is 20.0 Å². The van der Waals surface area contributed by atoms with Crippen LogP contribution in [0.1, 0.15) is 0 Å². The van der Waals surface area contributed by atoms with Crippen molar-refractivity contribution in [3.05, 3.63) is 30.3 Å². The third-order valence-corrected chi connectivity index (χ3v) is 2.17. The summed E-state index contributed by atoms with van der Waals surface area (Å²) in [6, 6.07) is 9.88. The summed E-state index contributed by atoms with van der Waals surface area (Å²) < 4.78 is 10.5. The first-order valence-electron chi connectivity index (χ1n) is 4.13. The quantitative estimate of drug-likeness (QED) is 0.403. The Hall–Kier alpha value is 0.0143. The molecule has 92 valence electrons. The SMILES string of the molecule is COc1ccc(OC)c2[cH-]ccc12.[Cl-].[Cl-].[Cl-].[Ti+4]. The van der Waals surface area contributed by atoms with Gasteiger partial charge in [-0.25, -0.2) is 0 Å². The average molecular weight is 329 g/mol. The number of halogens is 3. The van der Waals surface area contributed by atoms with E-state index < -0.39 is 0 Å². The summed E-state index contributed by atoms with van der Waals surface area (Å²) in [6.45, 7) is 0. The van der Waals surface area contributed by atoms with Gasteiger partial charge in [-0.2, -0.15) is 12.1 Å². The Balaban J connectivity index is -0.000000490. The molecule has 0 aliphatic heterocycles. The van der Waals surface area contributed by atoms with Crippen molar-refractivity contribution in [3.8, 4) is 11.5 Å². The smallest absolute Gasteiger partial charge is 1.00 e. The van der Waals surface area contributed by atoms with Gasteiger partial charge in [-0.15, -0.1) is 11.5 Å². The van der Waals surface area contributed by atoms with Gasteiger partial charge in [-0.3, -0.25) is 0 Å². The van der Waals surface area contributed by atoms with Crippen molar-refractivity contribution < 1.29 is 68.4 Å². The topological polar surface area (TPSA) is 18.5 Å². The molecule has 17 heavy (non-hydrogen) atoms. The van der Waals surface area contributed by atoms with Crippen molar-refractivity contribution in [2.24, 2.45) is 0 Å². The maximum Gasteiger partial charge on any atom is 4.00 e. The number of ether oxygens (including phenoxy) is 2. The van der Waals surface area contributed by atoms with Crippen LogP contribution in [0.25, 0.3) is 10.8 Å². The average Bonchev–Trinajstić information content (AvgIpc) is 2.64. The summed E-state index contributed by atoms with van der Waals surface area (Å²) in [7, 11) is 3.35. The Kier molecular flexibility index (Phi) is 13.0. The Morgan fingerprint density at radius 1 is 0.882 bits per heavy atom. The minimum Gasteiger partial charge on any atom is -1.00 e.